The van der Waals surface area contributed by atoms with Crippen LogP contribution in [-0.4, -0.2) is 49.2 Å². The summed E-state index contributed by atoms with van der Waals surface area (Å²) in [5, 5.41) is 8.96. The average Bonchev–Trinajstić information content (AvgIpc) is 2.77. The summed E-state index contributed by atoms with van der Waals surface area (Å²) in [6, 6.07) is 0. The first-order valence-electron chi connectivity index (χ1n) is 5.02. The zero-order valence-electron chi connectivity index (χ0n) is 7.85. The summed E-state index contributed by atoms with van der Waals surface area (Å²) in [7, 11) is 0. The number of hydrogen-bond acceptors (Lipinski definition) is 5. The minimum absolute atomic E-state index is 0.0160. The van der Waals surface area contributed by atoms with Crippen LogP contribution in [0, 0.1) is 0 Å². The van der Waals surface area contributed by atoms with Crippen LogP contribution in [0.5, 0.6) is 0 Å². The summed E-state index contributed by atoms with van der Waals surface area (Å²) in [6.07, 6.45) is 1.25. The molecule has 80 valence electrons. The van der Waals surface area contributed by atoms with Gasteiger partial charge in [-0.2, -0.15) is 0 Å². The van der Waals surface area contributed by atoms with Crippen molar-refractivity contribution in [1.82, 2.24) is 0 Å². The van der Waals surface area contributed by atoms with Crippen molar-refractivity contribution in [2.75, 3.05) is 19.8 Å². The van der Waals surface area contributed by atoms with Gasteiger partial charge in [0.15, 0.2) is 0 Å². The molecular weight excluding hydrogens is 188 g/mol. The van der Waals surface area contributed by atoms with Gasteiger partial charge in [0.2, 0.25) is 12.1 Å². The Bertz CT molecular complexity index is 233. The van der Waals surface area contributed by atoms with Crippen LogP contribution in [0.4, 0.5) is 0 Å². The van der Waals surface area contributed by atoms with Gasteiger partial charge in [-0.1, -0.05) is 0 Å². The molecule has 0 aromatic heterocycles. The molecule has 5 nitrogen and oxygen atoms in total. The maximum atomic E-state index is 8.96. The quantitative estimate of drug-likeness (QED) is 0.628. The molecule has 3 aliphatic rings. The van der Waals surface area contributed by atoms with Gasteiger partial charge in [-0.15, -0.1) is 0 Å². The van der Waals surface area contributed by atoms with Crippen LogP contribution >= 0.6 is 0 Å². The van der Waals surface area contributed by atoms with Crippen molar-refractivity contribution in [2.45, 2.75) is 37.1 Å². The van der Waals surface area contributed by atoms with Crippen LogP contribution in [0.2, 0.25) is 0 Å². The van der Waals surface area contributed by atoms with Gasteiger partial charge >= 0.3 is 0 Å². The Morgan fingerprint density at radius 1 is 1.36 bits per heavy atom. The lowest BCUT2D eigenvalue weighted by Gasteiger charge is -2.35. The lowest BCUT2D eigenvalue weighted by Crippen LogP contribution is -2.48. The summed E-state index contributed by atoms with van der Waals surface area (Å²) >= 11 is 0. The van der Waals surface area contributed by atoms with E-state index in [1.165, 1.54) is 0 Å². The molecule has 3 saturated heterocycles. The summed E-state index contributed by atoms with van der Waals surface area (Å²) in [5.41, 5.74) is 0. The summed E-state index contributed by atoms with van der Waals surface area (Å²) in [4.78, 5) is 0. The van der Waals surface area contributed by atoms with Gasteiger partial charge in [-0.3, -0.25) is 0 Å². The van der Waals surface area contributed by atoms with Gasteiger partial charge in [0.05, 0.1) is 25.9 Å². The van der Waals surface area contributed by atoms with Crippen molar-refractivity contribution >= 4 is 0 Å². The highest BCUT2D eigenvalue weighted by Crippen LogP contribution is 2.41. The van der Waals surface area contributed by atoms with Gasteiger partial charge < -0.3 is 24.1 Å². The third-order valence-electron chi connectivity index (χ3n) is 3.01. The highest BCUT2D eigenvalue weighted by Gasteiger charge is 2.55. The standard InChI is InChI=1S/C9H14O5/c10-3-7-5-12-9(14-7)2-1-6-4-11-8(9)13-6/h6-8,10H,1-5H2/t6-,7?,8?,9?/m0/s1. The van der Waals surface area contributed by atoms with E-state index in [9.17, 15) is 0 Å². The van der Waals surface area contributed by atoms with Gasteiger partial charge in [-0.25, -0.2) is 0 Å². The molecule has 14 heavy (non-hydrogen) atoms. The monoisotopic (exact) mass is 202 g/mol. The van der Waals surface area contributed by atoms with E-state index in [4.69, 9.17) is 24.1 Å². The Morgan fingerprint density at radius 2 is 2.29 bits per heavy atom. The summed E-state index contributed by atoms with van der Waals surface area (Å²) in [5.74, 6) is -0.750. The molecule has 0 saturated carbocycles. The molecule has 3 fully saturated rings. The number of ether oxygens (including phenoxy) is 4. The third-order valence-corrected chi connectivity index (χ3v) is 3.01. The molecule has 3 heterocycles. The van der Waals surface area contributed by atoms with Gasteiger partial charge in [0.1, 0.15) is 6.10 Å². The Labute approximate surface area is 81.9 Å². The highest BCUT2D eigenvalue weighted by molar-refractivity contribution is 4.90. The molecule has 2 bridgehead atoms. The third kappa shape index (κ3) is 1.20. The fourth-order valence-electron chi connectivity index (χ4n) is 2.24. The van der Waals surface area contributed by atoms with Gasteiger partial charge in [0, 0.05) is 6.42 Å². The Kier molecular flexibility index (Phi) is 2.04. The smallest absolute Gasteiger partial charge is 0.221 e. The molecule has 1 spiro atoms. The highest BCUT2D eigenvalue weighted by atomic mass is 16.8. The molecule has 0 aromatic rings. The maximum Gasteiger partial charge on any atom is 0.221 e. The Balaban J connectivity index is 1.77. The zero-order valence-corrected chi connectivity index (χ0v) is 7.85. The van der Waals surface area contributed by atoms with E-state index in [0.29, 0.717) is 13.2 Å². The van der Waals surface area contributed by atoms with E-state index in [-0.39, 0.29) is 18.8 Å². The van der Waals surface area contributed by atoms with Crippen LogP contribution in [0.3, 0.4) is 0 Å². The maximum absolute atomic E-state index is 8.96. The lowest BCUT2D eigenvalue weighted by molar-refractivity contribution is -0.309. The van der Waals surface area contributed by atoms with E-state index in [2.05, 4.69) is 0 Å². The van der Waals surface area contributed by atoms with E-state index in [0.717, 1.165) is 12.8 Å². The second-order valence-electron chi connectivity index (χ2n) is 4.01. The molecule has 3 unspecified atom stereocenters. The van der Waals surface area contributed by atoms with E-state index >= 15 is 0 Å². The SMILES string of the molecule is OCC1COC2(CC[C@H]3COC2O3)O1. The Morgan fingerprint density at radius 3 is 3.07 bits per heavy atom. The van der Waals surface area contributed by atoms with Crippen molar-refractivity contribution in [2.24, 2.45) is 0 Å². The second kappa shape index (κ2) is 3.15. The van der Waals surface area contributed by atoms with E-state index in [1.54, 1.807) is 0 Å². The lowest BCUT2D eigenvalue weighted by atomic mass is 10.1. The van der Waals surface area contributed by atoms with Crippen LogP contribution < -0.4 is 0 Å². The molecule has 3 rings (SSSR count). The molecular formula is C9H14O5. The van der Waals surface area contributed by atoms with Crippen molar-refractivity contribution in [3.05, 3.63) is 0 Å². The molecule has 4 atom stereocenters. The molecule has 1 N–H and O–H groups in total. The molecule has 0 aromatic carbocycles. The summed E-state index contributed by atoms with van der Waals surface area (Å²) in [6.45, 7) is 1.03. The van der Waals surface area contributed by atoms with Crippen LogP contribution in [0.25, 0.3) is 0 Å². The first-order chi connectivity index (χ1) is 6.82. The number of rotatable bonds is 1. The fraction of sp³-hybridized carbons (Fsp3) is 1.00. The Hall–Kier alpha value is -0.200. The zero-order chi connectivity index (χ0) is 9.60. The minimum Gasteiger partial charge on any atom is -0.394 e. The molecule has 5 heteroatoms. The molecule has 0 aliphatic carbocycles. The minimum atomic E-state index is -0.750. The number of aliphatic hydroxyl groups is 1. The number of fused-ring (bicyclic) bond motifs is 3. The van der Waals surface area contributed by atoms with Crippen molar-refractivity contribution < 1.29 is 24.1 Å². The van der Waals surface area contributed by atoms with E-state index < -0.39 is 12.1 Å². The molecule has 0 amide bonds. The van der Waals surface area contributed by atoms with Crippen molar-refractivity contribution in [3.63, 3.8) is 0 Å². The van der Waals surface area contributed by atoms with Crippen LogP contribution in [0.15, 0.2) is 0 Å². The average molecular weight is 202 g/mol. The first kappa shape index (κ1) is 9.06. The van der Waals surface area contributed by atoms with Gasteiger partial charge in [-0.05, 0) is 6.42 Å². The molecule has 3 aliphatic heterocycles. The topological polar surface area (TPSA) is 57.2 Å². The predicted molar refractivity (Wildman–Crippen MR) is 44.5 cm³/mol. The fourth-order valence-corrected chi connectivity index (χ4v) is 2.24. The predicted octanol–water partition coefficient (Wildman–Crippen LogP) is -0.374. The normalized spacial score (nSPS) is 51.6. The summed E-state index contributed by atoms with van der Waals surface area (Å²) < 4.78 is 22.3. The second-order valence-corrected chi connectivity index (χ2v) is 4.01. The number of hydrogen-bond donors (Lipinski definition) is 1. The number of aliphatic hydroxyl groups excluding tert-OH is 1. The van der Waals surface area contributed by atoms with Gasteiger partial charge in [0.25, 0.3) is 0 Å². The van der Waals surface area contributed by atoms with Crippen molar-refractivity contribution in [1.29, 1.82) is 0 Å². The largest absolute Gasteiger partial charge is 0.394 e. The molecule has 0 radical (unpaired) electrons. The van der Waals surface area contributed by atoms with E-state index in [1.807, 2.05) is 0 Å². The van der Waals surface area contributed by atoms with Crippen molar-refractivity contribution in [3.8, 4) is 0 Å². The van der Waals surface area contributed by atoms with Crippen LogP contribution in [0.1, 0.15) is 12.8 Å². The first-order valence-corrected chi connectivity index (χ1v) is 5.02. The van der Waals surface area contributed by atoms with Crippen LogP contribution in [-0.2, 0) is 18.9 Å².